The third kappa shape index (κ3) is 5.63. The molecule has 0 saturated heterocycles. The standard InChI is InChI=1S/C22H25ClN4O5S/c1-4-27(5-2)20(28)13-32-18-11-10-15(12-17(18)23)25-22(29)14(3)24-21-16-8-6-7-9-19(16)33(30,31)26-21/h6-12,14H,4-5,13H2,1-3H3,(H,24,26)(H,25,29)/t14-/m0/s1. The molecule has 0 spiro atoms. The second-order valence-electron chi connectivity index (χ2n) is 7.24. The van der Waals surface area contributed by atoms with Crippen molar-refractivity contribution in [2.75, 3.05) is 25.0 Å². The fraction of sp³-hybridized carbons (Fsp3) is 0.318. The van der Waals surface area contributed by atoms with E-state index in [9.17, 15) is 18.0 Å². The lowest BCUT2D eigenvalue weighted by Gasteiger charge is -2.19. The van der Waals surface area contributed by atoms with Crippen molar-refractivity contribution in [1.29, 1.82) is 0 Å². The molecule has 0 aliphatic carbocycles. The van der Waals surface area contributed by atoms with E-state index in [1.807, 2.05) is 13.8 Å². The summed E-state index contributed by atoms with van der Waals surface area (Å²) in [6, 6.07) is 10.2. The molecule has 0 radical (unpaired) electrons. The molecular weight excluding hydrogens is 468 g/mol. The number of rotatable bonds is 8. The summed E-state index contributed by atoms with van der Waals surface area (Å²) in [6.07, 6.45) is 0. The van der Waals surface area contributed by atoms with Crippen LogP contribution in [-0.2, 0) is 19.6 Å². The van der Waals surface area contributed by atoms with Gasteiger partial charge in [0.1, 0.15) is 17.6 Å². The van der Waals surface area contributed by atoms with Gasteiger partial charge in [-0.1, -0.05) is 23.7 Å². The smallest absolute Gasteiger partial charge is 0.263 e. The van der Waals surface area contributed by atoms with E-state index in [-0.39, 0.29) is 28.3 Å². The molecule has 1 aliphatic heterocycles. The minimum absolute atomic E-state index is 0.118. The largest absolute Gasteiger partial charge is 0.482 e. The van der Waals surface area contributed by atoms with Crippen LogP contribution in [0.4, 0.5) is 5.69 Å². The topological polar surface area (TPSA) is 117 Å². The number of carbonyl (C=O) groups is 2. The Balaban J connectivity index is 1.65. The van der Waals surface area contributed by atoms with Gasteiger partial charge in [-0.05, 0) is 51.1 Å². The molecule has 0 unspecified atom stereocenters. The van der Waals surface area contributed by atoms with Crippen LogP contribution in [0.25, 0.3) is 0 Å². The third-order valence-corrected chi connectivity index (χ3v) is 6.72. The zero-order chi connectivity index (χ0) is 24.2. The first-order valence-corrected chi connectivity index (χ1v) is 12.2. The zero-order valence-electron chi connectivity index (χ0n) is 18.5. The Morgan fingerprint density at radius 3 is 2.55 bits per heavy atom. The van der Waals surface area contributed by atoms with Crippen molar-refractivity contribution < 1.29 is 22.7 Å². The highest BCUT2D eigenvalue weighted by molar-refractivity contribution is 7.90. The molecule has 1 aliphatic rings. The van der Waals surface area contributed by atoms with Crippen molar-refractivity contribution in [1.82, 2.24) is 9.62 Å². The lowest BCUT2D eigenvalue weighted by atomic mass is 10.2. The molecule has 2 amide bonds. The van der Waals surface area contributed by atoms with Gasteiger partial charge in [0, 0.05) is 24.3 Å². The number of benzene rings is 2. The molecular formula is C22H25ClN4O5S. The number of nitrogens with one attached hydrogen (secondary N) is 2. The molecule has 33 heavy (non-hydrogen) atoms. The van der Waals surface area contributed by atoms with E-state index >= 15 is 0 Å². The van der Waals surface area contributed by atoms with E-state index < -0.39 is 22.0 Å². The Hall–Kier alpha value is -3.11. The predicted molar refractivity (Wildman–Crippen MR) is 126 cm³/mol. The maximum atomic E-state index is 12.6. The molecule has 176 valence electrons. The Labute approximate surface area is 197 Å². The van der Waals surface area contributed by atoms with Crippen LogP contribution in [0.3, 0.4) is 0 Å². The molecule has 0 saturated carbocycles. The SMILES string of the molecule is CCN(CC)C(=O)COc1ccc(NC(=O)[C@H](C)N=C2NS(=O)(=O)c3ccccc32)cc1Cl. The average molecular weight is 493 g/mol. The summed E-state index contributed by atoms with van der Waals surface area (Å²) in [4.78, 5) is 30.7. The van der Waals surface area contributed by atoms with E-state index in [2.05, 4.69) is 15.0 Å². The molecule has 0 fully saturated rings. The molecule has 0 aromatic heterocycles. The fourth-order valence-electron chi connectivity index (χ4n) is 3.23. The Kier molecular flexibility index (Phi) is 7.60. The predicted octanol–water partition coefficient (Wildman–Crippen LogP) is 2.65. The summed E-state index contributed by atoms with van der Waals surface area (Å²) in [7, 11) is -3.69. The Morgan fingerprint density at radius 2 is 1.88 bits per heavy atom. The van der Waals surface area contributed by atoms with Crippen LogP contribution >= 0.6 is 11.6 Å². The molecule has 2 aromatic rings. The summed E-state index contributed by atoms with van der Waals surface area (Å²) in [5.41, 5.74) is 0.827. The van der Waals surface area contributed by atoms with Crippen LogP contribution < -0.4 is 14.8 Å². The van der Waals surface area contributed by atoms with Gasteiger partial charge in [-0.3, -0.25) is 19.3 Å². The summed E-state index contributed by atoms with van der Waals surface area (Å²) < 4.78 is 32.3. The average Bonchev–Trinajstić information content (AvgIpc) is 3.04. The number of amides is 2. The minimum atomic E-state index is -3.69. The molecule has 2 aromatic carbocycles. The van der Waals surface area contributed by atoms with Crippen LogP contribution in [0.5, 0.6) is 5.75 Å². The summed E-state index contributed by atoms with van der Waals surface area (Å²) in [6.45, 7) is 6.37. The Morgan fingerprint density at radius 1 is 1.18 bits per heavy atom. The molecule has 11 heteroatoms. The van der Waals surface area contributed by atoms with Gasteiger partial charge in [0.15, 0.2) is 6.61 Å². The number of hydrogen-bond donors (Lipinski definition) is 2. The van der Waals surface area contributed by atoms with Gasteiger partial charge < -0.3 is 15.0 Å². The maximum Gasteiger partial charge on any atom is 0.263 e. The minimum Gasteiger partial charge on any atom is -0.482 e. The lowest BCUT2D eigenvalue weighted by Crippen LogP contribution is -2.34. The number of nitrogens with zero attached hydrogens (tertiary/aromatic N) is 2. The quantitative estimate of drug-likeness (QED) is 0.587. The lowest BCUT2D eigenvalue weighted by molar-refractivity contribution is -0.133. The first kappa shape index (κ1) is 24.5. The van der Waals surface area contributed by atoms with E-state index in [4.69, 9.17) is 16.3 Å². The number of likely N-dealkylation sites (N-methyl/N-ethyl adjacent to an activating group) is 1. The number of aliphatic imine (C=N–C) groups is 1. The van der Waals surface area contributed by atoms with Crippen LogP contribution in [0.1, 0.15) is 26.3 Å². The van der Waals surface area contributed by atoms with Crippen molar-refractivity contribution in [3.05, 3.63) is 53.1 Å². The fourth-order valence-corrected chi connectivity index (χ4v) is 4.71. The normalized spacial score (nSPS) is 15.9. The van der Waals surface area contributed by atoms with E-state index in [1.54, 1.807) is 42.2 Å². The van der Waals surface area contributed by atoms with Crippen molar-refractivity contribution in [2.24, 2.45) is 4.99 Å². The van der Waals surface area contributed by atoms with Gasteiger partial charge in [-0.25, -0.2) is 8.42 Å². The van der Waals surface area contributed by atoms with Gasteiger partial charge in [0.2, 0.25) is 5.91 Å². The highest BCUT2D eigenvalue weighted by atomic mass is 35.5. The zero-order valence-corrected chi connectivity index (χ0v) is 20.0. The number of halogens is 1. The molecule has 0 bridgehead atoms. The van der Waals surface area contributed by atoms with Crippen LogP contribution in [0, 0.1) is 0 Å². The third-order valence-electron chi connectivity index (χ3n) is 5.03. The van der Waals surface area contributed by atoms with Crippen molar-refractivity contribution >= 4 is 45.0 Å². The summed E-state index contributed by atoms with van der Waals surface area (Å²) in [5.74, 6) is -0.161. The Bertz CT molecular complexity index is 1200. The number of anilines is 1. The summed E-state index contributed by atoms with van der Waals surface area (Å²) >= 11 is 6.24. The first-order chi connectivity index (χ1) is 15.7. The molecule has 2 N–H and O–H groups in total. The van der Waals surface area contributed by atoms with Crippen LogP contribution in [0.15, 0.2) is 52.4 Å². The monoisotopic (exact) mass is 492 g/mol. The van der Waals surface area contributed by atoms with E-state index in [0.717, 1.165) is 0 Å². The number of ether oxygens (including phenoxy) is 1. The van der Waals surface area contributed by atoms with Crippen molar-refractivity contribution in [2.45, 2.75) is 31.7 Å². The number of hydrogen-bond acceptors (Lipinski definition) is 6. The van der Waals surface area contributed by atoms with Crippen molar-refractivity contribution in [3.8, 4) is 5.75 Å². The second-order valence-corrected chi connectivity index (χ2v) is 9.30. The molecule has 3 rings (SSSR count). The van der Waals surface area contributed by atoms with Gasteiger partial charge in [-0.2, -0.15) is 0 Å². The van der Waals surface area contributed by atoms with E-state index in [1.165, 1.54) is 12.1 Å². The number of amidine groups is 1. The van der Waals surface area contributed by atoms with Crippen molar-refractivity contribution in [3.63, 3.8) is 0 Å². The molecule has 9 nitrogen and oxygen atoms in total. The molecule has 1 heterocycles. The van der Waals surface area contributed by atoms with Crippen LogP contribution in [0.2, 0.25) is 5.02 Å². The number of sulfonamides is 1. The maximum absolute atomic E-state index is 12.6. The molecule has 1 atom stereocenters. The number of carbonyl (C=O) groups excluding carboxylic acids is 2. The number of fused-ring (bicyclic) bond motifs is 1. The van der Waals surface area contributed by atoms with Gasteiger partial charge in [-0.15, -0.1) is 0 Å². The first-order valence-electron chi connectivity index (χ1n) is 10.4. The highest BCUT2D eigenvalue weighted by Gasteiger charge is 2.31. The summed E-state index contributed by atoms with van der Waals surface area (Å²) in [5, 5.41) is 2.92. The van der Waals surface area contributed by atoms with Crippen LogP contribution in [-0.4, -0.2) is 56.7 Å². The van der Waals surface area contributed by atoms with Gasteiger partial charge >= 0.3 is 0 Å². The highest BCUT2D eigenvalue weighted by Crippen LogP contribution is 2.28. The van der Waals surface area contributed by atoms with Gasteiger partial charge in [0.05, 0.1) is 9.92 Å². The van der Waals surface area contributed by atoms with E-state index in [0.29, 0.717) is 30.1 Å². The van der Waals surface area contributed by atoms with Gasteiger partial charge in [0.25, 0.3) is 15.9 Å². The second kappa shape index (κ2) is 10.2.